The molecule has 0 aromatic heterocycles. The lowest BCUT2D eigenvalue weighted by Gasteiger charge is -2.12. The molecule has 21 heavy (non-hydrogen) atoms. The molecule has 4 nitrogen and oxygen atoms in total. The van der Waals surface area contributed by atoms with Crippen molar-refractivity contribution in [1.29, 1.82) is 0 Å². The topological polar surface area (TPSA) is 61.7 Å². The molecule has 0 saturated heterocycles. The number of aryl methyl sites for hydroxylation is 2. The first-order chi connectivity index (χ1) is 10.1. The van der Waals surface area contributed by atoms with Gasteiger partial charge in [-0.05, 0) is 30.5 Å². The summed E-state index contributed by atoms with van der Waals surface area (Å²) < 4.78 is 0. The minimum absolute atomic E-state index is 0.0869. The first-order valence-electron chi connectivity index (χ1n) is 6.74. The molecule has 0 saturated carbocycles. The zero-order valence-corrected chi connectivity index (χ0v) is 12.1. The number of rotatable bonds is 4. The number of nitrogens with one attached hydrogen (secondary N) is 1. The number of carbonyl (C=O) groups excluding carboxylic acids is 1. The summed E-state index contributed by atoms with van der Waals surface area (Å²) in [6.45, 7) is 3.85. The lowest BCUT2D eigenvalue weighted by Crippen LogP contribution is -2.25. The average Bonchev–Trinajstić information content (AvgIpc) is 2.49. The van der Waals surface area contributed by atoms with E-state index in [-0.39, 0.29) is 12.1 Å². The molecule has 0 aliphatic heterocycles. The third kappa shape index (κ3) is 3.69. The second kappa shape index (κ2) is 6.70. The van der Waals surface area contributed by atoms with Gasteiger partial charge in [-0.2, -0.15) is 0 Å². The maximum Gasteiger partial charge on any atom is 0.273 e. The number of hydrogen-bond acceptors (Lipinski definition) is 3. The quantitative estimate of drug-likeness (QED) is 0.513. The lowest BCUT2D eigenvalue weighted by molar-refractivity contribution is -0.110. The molecule has 0 unspecified atom stereocenters. The zero-order valence-electron chi connectivity index (χ0n) is 12.1. The van der Waals surface area contributed by atoms with Crippen LogP contribution in [0.1, 0.15) is 16.7 Å². The van der Waals surface area contributed by atoms with Gasteiger partial charge in [0.05, 0.1) is 0 Å². The zero-order chi connectivity index (χ0) is 15.2. The molecule has 2 aromatic carbocycles. The largest absolute Gasteiger partial charge is 0.410 e. The Bertz CT molecular complexity index is 643. The van der Waals surface area contributed by atoms with Crippen molar-refractivity contribution in [3.63, 3.8) is 0 Å². The number of amides is 1. The van der Waals surface area contributed by atoms with Crippen LogP contribution in [0, 0.1) is 13.8 Å². The van der Waals surface area contributed by atoms with Gasteiger partial charge in [0.2, 0.25) is 0 Å². The summed E-state index contributed by atoms with van der Waals surface area (Å²) >= 11 is 0. The van der Waals surface area contributed by atoms with E-state index >= 15 is 0 Å². The highest BCUT2D eigenvalue weighted by Gasteiger charge is 2.15. The molecule has 2 rings (SSSR count). The van der Waals surface area contributed by atoms with Crippen molar-refractivity contribution in [2.24, 2.45) is 5.16 Å². The highest BCUT2D eigenvalue weighted by Crippen LogP contribution is 2.19. The molecule has 0 bridgehead atoms. The molecule has 2 N–H and O–H groups in total. The van der Waals surface area contributed by atoms with Gasteiger partial charge in [0.1, 0.15) is 5.71 Å². The highest BCUT2D eigenvalue weighted by molar-refractivity contribution is 6.43. The minimum atomic E-state index is -0.390. The normalized spacial score (nSPS) is 11.2. The van der Waals surface area contributed by atoms with Gasteiger partial charge in [0.15, 0.2) is 0 Å². The van der Waals surface area contributed by atoms with Crippen LogP contribution in [0.15, 0.2) is 53.7 Å². The smallest absolute Gasteiger partial charge is 0.273 e. The number of benzene rings is 2. The maximum absolute atomic E-state index is 12.3. The molecular formula is C17H18N2O2. The molecule has 0 atom stereocenters. The predicted octanol–water partition coefficient (Wildman–Crippen LogP) is 3.31. The van der Waals surface area contributed by atoms with Crippen molar-refractivity contribution in [3.8, 4) is 0 Å². The molecule has 108 valence electrons. The Morgan fingerprint density at radius 3 is 2.24 bits per heavy atom. The summed E-state index contributed by atoms with van der Waals surface area (Å²) in [6, 6.07) is 15.2. The number of para-hydroxylation sites is 1. The van der Waals surface area contributed by atoms with Crippen LogP contribution in [0.5, 0.6) is 0 Å². The molecular weight excluding hydrogens is 264 g/mol. The second-order valence-corrected chi connectivity index (χ2v) is 4.93. The molecule has 0 fully saturated rings. The van der Waals surface area contributed by atoms with Gasteiger partial charge in [-0.15, -0.1) is 0 Å². The summed E-state index contributed by atoms with van der Waals surface area (Å²) in [7, 11) is 0. The van der Waals surface area contributed by atoms with E-state index in [1.807, 2.05) is 62.4 Å². The van der Waals surface area contributed by atoms with E-state index in [9.17, 15) is 4.79 Å². The SMILES string of the molecule is Cc1cccc(C)c1NC(=O)/C(Cc1ccccc1)=N\O. The van der Waals surface area contributed by atoms with Crippen LogP contribution in [0.2, 0.25) is 0 Å². The Kier molecular flexibility index (Phi) is 4.72. The molecule has 2 aromatic rings. The summed E-state index contributed by atoms with van der Waals surface area (Å²) in [4.78, 5) is 12.3. The van der Waals surface area contributed by atoms with Gasteiger partial charge in [0, 0.05) is 12.1 Å². The maximum atomic E-state index is 12.3. The van der Waals surface area contributed by atoms with Crippen LogP contribution >= 0.6 is 0 Å². The molecule has 0 radical (unpaired) electrons. The lowest BCUT2D eigenvalue weighted by atomic mass is 10.1. The van der Waals surface area contributed by atoms with Crippen LogP contribution < -0.4 is 5.32 Å². The van der Waals surface area contributed by atoms with Crippen LogP contribution in [-0.2, 0) is 11.2 Å². The molecule has 1 amide bonds. The van der Waals surface area contributed by atoms with Crippen LogP contribution in [0.25, 0.3) is 0 Å². The van der Waals surface area contributed by atoms with E-state index < -0.39 is 5.91 Å². The highest BCUT2D eigenvalue weighted by atomic mass is 16.4. The first kappa shape index (κ1) is 14.8. The third-order valence-corrected chi connectivity index (χ3v) is 3.32. The summed E-state index contributed by atoms with van der Waals surface area (Å²) in [6.07, 6.45) is 0.286. The van der Waals surface area contributed by atoms with Gasteiger partial charge < -0.3 is 10.5 Å². The monoisotopic (exact) mass is 282 g/mol. The molecule has 4 heteroatoms. The van der Waals surface area contributed by atoms with Gasteiger partial charge in [-0.25, -0.2) is 0 Å². The van der Waals surface area contributed by atoms with Crippen molar-refractivity contribution < 1.29 is 10.0 Å². The number of oxime groups is 1. The Morgan fingerprint density at radius 1 is 1.05 bits per heavy atom. The van der Waals surface area contributed by atoms with E-state index in [1.165, 1.54) is 0 Å². The fourth-order valence-electron chi connectivity index (χ4n) is 2.15. The number of anilines is 1. The molecule has 0 heterocycles. The molecule has 0 aliphatic carbocycles. The third-order valence-electron chi connectivity index (χ3n) is 3.32. The first-order valence-corrected chi connectivity index (χ1v) is 6.74. The number of hydrogen-bond donors (Lipinski definition) is 2. The fourth-order valence-corrected chi connectivity index (χ4v) is 2.15. The Morgan fingerprint density at radius 2 is 1.67 bits per heavy atom. The Hall–Kier alpha value is -2.62. The van der Waals surface area contributed by atoms with Gasteiger partial charge in [0.25, 0.3) is 5.91 Å². The number of nitrogens with zero attached hydrogens (tertiary/aromatic N) is 1. The summed E-state index contributed by atoms with van der Waals surface area (Å²) in [5.74, 6) is -0.390. The predicted molar refractivity (Wildman–Crippen MR) is 83.9 cm³/mol. The molecule has 0 spiro atoms. The van der Waals surface area contributed by atoms with E-state index in [0.717, 1.165) is 22.4 Å². The average molecular weight is 282 g/mol. The summed E-state index contributed by atoms with van der Waals surface area (Å²) in [5.41, 5.74) is 3.71. The van der Waals surface area contributed by atoms with Crippen molar-refractivity contribution in [2.45, 2.75) is 20.3 Å². The van der Waals surface area contributed by atoms with Gasteiger partial charge >= 0.3 is 0 Å². The second-order valence-electron chi connectivity index (χ2n) is 4.93. The van der Waals surface area contributed by atoms with Gasteiger partial charge in [-0.3, -0.25) is 4.79 Å². The minimum Gasteiger partial charge on any atom is -0.410 e. The molecule has 0 aliphatic rings. The van der Waals surface area contributed by atoms with Crippen LogP contribution in [0.3, 0.4) is 0 Å². The van der Waals surface area contributed by atoms with Gasteiger partial charge in [-0.1, -0.05) is 53.7 Å². The van der Waals surface area contributed by atoms with E-state index in [0.29, 0.717) is 0 Å². The Balaban J connectivity index is 2.15. The van der Waals surface area contributed by atoms with E-state index in [1.54, 1.807) is 0 Å². The van der Waals surface area contributed by atoms with Crippen molar-refractivity contribution in [3.05, 3.63) is 65.2 Å². The van der Waals surface area contributed by atoms with Crippen molar-refractivity contribution >= 4 is 17.3 Å². The fraction of sp³-hybridized carbons (Fsp3) is 0.176. The summed E-state index contributed by atoms with van der Waals surface area (Å²) in [5, 5.41) is 15.1. The van der Waals surface area contributed by atoms with Crippen molar-refractivity contribution in [1.82, 2.24) is 0 Å². The van der Waals surface area contributed by atoms with E-state index in [4.69, 9.17) is 5.21 Å². The standard InChI is InChI=1S/C17H18N2O2/c1-12-7-6-8-13(2)16(12)18-17(20)15(19-21)11-14-9-4-3-5-10-14/h3-10,21H,11H2,1-2H3,(H,18,20)/b19-15-. The Labute approximate surface area is 124 Å². The van der Waals surface area contributed by atoms with Crippen LogP contribution in [-0.4, -0.2) is 16.8 Å². The van der Waals surface area contributed by atoms with E-state index in [2.05, 4.69) is 10.5 Å². The number of carbonyl (C=O) groups is 1. The van der Waals surface area contributed by atoms with Crippen molar-refractivity contribution in [2.75, 3.05) is 5.32 Å². The van der Waals surface area contributed by atoms with Crippen LogP contribution in [0.4, 0.5) is 5.69 Å².